The number of aromatic nitrogens is 4. The van der Waals surface area contributed by atoms with Crippen LogP contribution in [0.4, 0.5) is 5.82 Å². The van der Waals surface area contributed by atoms with Crippen molar-refractivity contribution < 1.29 is 4.74 Å². The first-order valence-corrected chi connectivity index (χ1v) is 6.36. The van der Waals surface area contributed by atoms with E-state index in [0.717, 1.165) is 30.3 Å². The predicted molar refractivity (Wildman–Crippen MR) is 73.4 cm³/mol. The Balaban J connectivity index is 2.33. The first-order valence-electron chi connectivity index (χ1n) is 6.36. The normalized spacial score (nSPS) is 10.7. The molecule has 0 spiro atoms. The van der Waals surface area contributed by atoms with E-state index < -0.39 is 0 Å². The van der Waals surface area contributed by atoms with Crippen LogP contribution >= 0.6 is 0 Å². The van der Waals surface area contributed by atoms with Gasteiger partial charge in [0.2, 0.25) is 0 Å². The summed E-state index contributed by atoms with van der Waals surface area (Å²) in [7, 11) is 1.63. The lowest BCUT2D eigenvalue weighted by molar-refractivity contribution is 0.178. The Morgan fingerprint density at radius 3 is 2.84 bits per heavy atom. The molecule has 0 fully saturated rings. The summed E-state index contributed by atoms with van der Waals surface area (Å²) >= 11 is 0. The zero-order chi connectivity index (χ0) is 13.7. The zero-order valence-corrected chi connectivity index (χ0v) is 11.6. The molecule has 2 rings (SSSR count). The van der Waals surface area contributed by atoms with Crippen molar-refractivity contribution in [3.63, 3.8) is 0 Å². The van der Waals surface area contributed by atoms with Crippen molar-refractivity contribution in [2.75, 3.05) is 19.0 Å². The first-order chi connectivity index (χ1) is 9.22. The molecular weight excluding hydrogens is 242 g/mol. The van der Waals surface area contributed by atoms with Crippen LogP contribution in [-0.2, 0) is 11.3 Å². The second kappa shape index (κ2) is 6.29. The number of hydrogen-bond acceptors (Lipinski definition) is 5. The quantitative estimate of drug-likeness (QED) is 0.861. The average Bonchev–Trinajstić information content (AvgIpc) is 2.83. The van der Waals surface area contributed by atoms with E-state index in [1.165, 1.54) is 0 Å². The molecule has 6 heteroatoms. The number of anilines is 1. The molecule has 2 heterocycles. The maximum atomic E-state index is 5.10. The number of aryl methyl sites for hydroxylation is 1. The van der Waals surface area contributed by atoms with Gasteiger partial charge in [0.1, 0.15) is 12.4 Å². The summed E-state index contributed by atoms with van der Waals surface area (Å²) in [4.78, 5) is 8.84. The fourth-order valence-electron chi connectivity index (χ4n) is 1.68. The summed E-state index contributed by atoms with van der Waals surface area (Å²) in [6.07, 6.45) is 2.93. The summed E-state index contributed by atoms with van der Waals surface area (Å²) < 4.78 is 6.84. The van der Waals surface area contributed by atoms with Gasteiger partial charge in [0.15, 0.2) is 11.6 Å². The molecule has 0 radical (unpaired) electrons. The molecule has 6 nitrogen and oxygen atoms in total. The SMILES string of the molecule is CCCNc1cc(-n2ccc(C)n2)nc(COC)n1. The summed E-state index contributed by atoms with van der Waals surface area (Å²) in [5, 5.41) is 7.62. The highest BCUT2D eigenvalue weighted by Gasteiger charge is 2.07. The standard InChI is InChI=1S/C13H19N5O/c1-4-6-14-11-8-13(16-12(15-11)9-19-3)18-7-5-10(2)17-18/h5,7-8H,4,6,9H2,1-3H3,(H,14,15,16). The predicted octanol–water partition coefficient (Wildman–Crippen LogP) is 1.94. The van der Waals surface area contributed by atoms with Crippen LogP contribution in [0.1, 0.15) is 24.9 Å². The lowest BCUT2D eigenvalue weighted by Crippen LogP contribution is -2.09. The molecule has 0 bridgehead atoms. The van der Waals surface area contributed by atoms with Crippen LogP contribution < -0.4 is 5.32 Å². The minimum absolute atomic E-state index is 0.384. The van der Waals surface area contributed by atoms with Crippen molar-refractivity contribution in [3.05, 3.63) is 29.8 Å². The van der Waals surface area contributed by atoms with E-state index in [1.807, 2.05) is 25.3 Å². The second-order valence-electron chi connectivity index (χ2n) is 4.29. The first kappa shape index (κ1) is 13.5. The molecule has 2 aromatic heterocycles. The minimum Gasteiger partial charge on any atom is -0.377 e. The van der Waals surface area contributed by atoms with Crippen LogP contribution in [0, 0.1) is 6.92 Å². The Hall–Kier alpha value is -1.95. The van der Waals surface area contributed by atoms with Gasteiger partial charge in [-0.3, -0.25) is 0 Å². The third-order valence-electron chi connectivity index (χ3n) is 2.55. The van der Waals surface area contributed by atoms with Crippen LogP contribution in [0.15, 0.2) is 18.3 Å². The molecule has 0 atom stereocenters. The molecule has 0 saturated heterocycles. The Bertz CT molecular complexity index is 538. The Morgan fingerprint density at radius 2 is 2.21 bits per heavy atom. The van der Waals surface area contributed by atoms with Gasteiger partial charge in [-0.05, 0) is 19.4 Å². The van der Waals surface area contributed by atoms with Crippen molar-refractivity contribution in [2.45, 2.75) is 26.9 Å². The molecule has 0 aliphatic heterocycles. The Kier molecular flexibility index (Phi) is 4.46. The average molecular weight is 261 g/mol. The number of rotatable bonds is 6. The fraction of sp³-hybridized carbons (Fsp3) is 0.462. The van der Waals surface area contributed by atoms with Crippen molar-refractivity contribution in [3.8, 4) is 5.82 Å². The van der Waals surface area contributed by atoms with E-state index in [2.05, 4.69) is 27.3 Å². The molecule has 0 aliphatic rings. The maximum Gasteiger partial charge on any atom is 0.159 e. The topological polar surface area (TPSA) is 64.9 Å². The molecule has 102 valence electrons. The summed E-state index contributed by atoms with van der Waals surface area (Å²) in [5.41, 5.74) is 0.954. The van der Waals surface area contributed by atoms with E-state index in [1.54, 1.807) is 11.8 Å². The van der Waals surface area contributed by atoms with Gasteiger partial charge in [0.05, 0.1) is 5.69 Å². The highest BCUT2D eigenvalue weighted by molar-refractivity contribution is 5.41. The molecule has 0 unspecified atom stereocenters. The van der Waals surface area contributed by atoms with Crippen LogP contribution in [0.2, 0.25) is 0 Å². The van der Waals surface area contributed by atoms with E-state index in [9.17, 15) is 0 Å². The van der Waals surface area contributed by atoms with Gasteiger partial charge < -0.3 is 10.1 Å². The molecule has 0 aromatic carbocycles. The third-order valence-corrected chi connectivity index (χ3v) is 2.55. The van der Waals surface area contributed by atoms with Crippen LogP contribution in [0.25, 0.3) is 5.82 Å². The summed E-state index contributed by atoms with van der Waals surface area (Å²) in [6.45, 7) is 5.32. The highest BCUT2D eigenvalue weighted by atomic mass is 16.5. The minimum atomic E-state index is 0.384. The molecule has 2 aromatic rings. The van der Waals surface area contributed by atoms with Crippen LogP contribution in [-0.4, -0.2) is 33.4 Å². The molecule has 0 aliphatic carbocycles. The Morgan fingerprint density at radius 1 is 1.37 bits per heavy atom. The van der Waals surface area contributed by atoms with Gasteiger partial charge in [-0.2, -0.15) is 5.10 Å². The Labute approximate surface area is 112 Å². The van der Waals surface area contributed by atoms with Gasteiger partial charge in [-0.1, -0.05) is 6.92 Å². The number of methoxy groups -OCH3 is 1. The van der Waals surface area contributed by atoms with Crippen LogP contribution in [0.5, 0.6) is 0 Å². The van der Waals surface area contributed by atoms with Gasteiger partial charge >= 0.3 is 0 Å². The van der Waals surface area contributed by atoms with E-state index >= 15 is 0 Å². The summed E-state index contributed by atoms with van der Waals surface area (Å²) in [5.74, 6) is 2.19. The smallest absolute Gasteiger partial charge is 0.159 e. The number of ether oxygens (including phenoxy) is 1. The van der Waals surface area contributed by atoms with Gasteiger partial charge in [0.25, 0.3) is 0 Å². The molecule has 0 saturated carbocycles. The van der Waals surface area contributed by atoms with E-state index in [4.69, 9.17) is 4.74 Å². The number of nitrogens with one attached hydrogen (secondary N) is 1. The molecular formula is C13H19N5O. The maximum absolute atomic E-state index is 5.10. The lowest BCUT2D eigenvalue weighted by Gasteiger charge is -2.09. The number of nitrogens with zero attached hydrogens (tertiary/aromatic N) is 4. The molecule has 19 heavy (non-hydrogen) atoms. The third kappa shape index (κ3) is 3.51. The van der Waals surface area contributed by atoms with E-state index in [0.29, 0.717) is 12.4 Å². The van der Waals surface area contributed by atoms with E-state index in [-0.39, 0.29) is 0 Å². The molecule has 1 N–H and O–H groups in total. The van der Waals surface area contributed by atoms with Crippen molar-refractivity contribution >= 4 is 5.82 Å². The monoisotopic (exact) mass is 261 g/mol. The van der Waals surface area contributed by atoms with Crippen molar-refractivity contribution in [1.82, 2.24) is 19.7 Å². The van der Waals surface area contributed by atoms with Gasteiger partial charge in [-0.15, -0.1) is 0 Å². The lowest BCUT2D eigenvalue weighted by atomic mass is 10.4. The molecule has 0 amide bonds. The van der Waals surface area contributed by atoms with Crippen LogP contribution in [0.3, 0.4) is 0 Å². The van der Waals surface area contributed by atoms with Gasteiger partial charge in [-0.25, -0.2) is 14.6 Å². The van der Waals surface area contributed by atoms with Crippen molar-refractivity contribution in [1.29, 1.82) is 0 Å². The summed E-state index contributed by atoms with van der Waals surface area (Å²) in [6, 6.07) is 3.83. The highest BCUT2D eigenvalue weighted by Crippen LogP contribution is 2.12. The van der Waals surface area contributed by atoms with Crippen molar-refractivity contribution in [2.24, 2.45) is 0 Å². The largest absolute Gasteiger partial charge is 0.377 e. The second-order valence-corrected chi connectivity index (χ2v) is 4.29. The van der Waals surface area contributed by atoms with Gasteiger partial charge in [0, 0.05) is 25.9 Å². The fourth-order valence-corrected chi connectivity index (χ4v) is 1.68. The zero-order valence-electron chi connectivity index (χ0n) is 11.6. The number of hydrogen-bond donors (Lipinski definition) is 1.